The largest absolute Gasteiger partial charge is 0.452 e. The molecule has 1 aliphatic carbocycles. The van der Waals surface area contributed by atoms with Gasteiger partial charge in [-0.3, -0.25) is 10.1 Å². The molecule has 0 spiro atoms. The molecule has 1 aromatic carbocycles. The molecule has 2 N–H and O–H groups in total. The third kappa shape index (κ3) is 7.20. The van der Waals surface area contributed by atoms with Gasteiger partial charge in [-0.2, -0.15) is 0 Å². The second kappa shape index (κ2) is 9.61. The van der Waals surface area contributed by atoms with E-state index in [1.165, 1.54) is 12.5 Å². The molecule has 0 radical (unpaired) electrons. The predicted octanol–water partition coefficient (Wildman–Crippen LogP) is 2.71. The summed E-state index contributed by atoms with van der Waals surface area (Å²) in [6.45, 7) is 1.47. The number of aryl methyl sites for hydroxylation is 1. The fourth-order valence-electron chi connectivity index (χ4n) is 2.75. The van der Waals surface area contributed by atoms with E-state index in [4.69, 9.17) is 4.74 Å². The van der Waals surface area contributed by atoms with Gasteiger partial charge in [-0.1, -0.05) is 49.1 Å². The summed E-state index contributed by atoms with van der Waals surface area (Å²) in [7, 11) is 0. The molecular weight excluding hydrogens is 320 g/mol. The monoisotopic (exact) mass is 344 g/mol. The molecule has 0 bridgehead atoms. The Kier molecular flexibility index (Phi) is 7.19. The van der Waals surface area contributed by atoms with E-state index in [0.717, 1.165) is 36.8 Å². The van der Waals surface area contributed by atoms with Gasteiger partial charge in [-0.15, -0.1) is 0 Å². The Morgan fingerprint density at radius 2 is 1.96 bits per heavy atom. The highest BCUT2D eigenvalue weighted by molar-refractivity contribution is 5.96. The minimum atomic E-state index is -0.648. The number of carbonyl (C=O) groups is 3. The van der Waals surface area contributed by atoms with Gasteiger partial charge >= 0.3 is 12.0 Å². The fraction of sp³-hybridized carbons (Fsp3) is 0.421. The average molecular weight is 344 g/mol. The van der Waals surface area contributed by atoms with Crippen LogP contribution in [-0.2, 0) is 14.3 Å². The molecule has 0 saturated heterocycles. The van der Waals surface area contributed by atoms with Crippen LogP contribution in [0, 0.1) is 6.92 Å². The molecule has 6 heteroatoms. The molecular formula is C19H24N2O4. The van der Waals surface area contributed by atoms with Crippen LogP contribution in [0.2, 0.25) is 0 Å². The van der Waals surface area contributed by atoms with Crippen molar-refractivity contribution in [3.8, 4) is 0 Å². The van der Waals surface area contributed by atoms with Gasteiger partial charge in [0, 0.05) is 12.1 Å². The number of urea groups is 1. The van der Waals surface area contributed by atoms with Crippen LogP contribution in [0.1, 0.15) is 43.2 Å². The first-order valence-electron chi connectivity index (χ1n) is 8.55. The predicted molar refractivity (Wildman–Crippen MR) is 94.7 cm³/mol. The molecule has 6 nitrogen and oxygen atoms in total. The van der Waals surface area contributed by atoms with E-state index < -0.39 is 24.5 Å². The van der Waals surface area contributed by atoms with E-state index in [-0.39, 0.29) is 6.04 Å². The lowest BCUT2D eigenvalue weighted by Gasteiger charge is -2.22. The summed E-state index contributed by atoms with van der Waals surface area (Å²) < 4.78 is 4.83. The van der Waals surface area contributed by atoms with Crippen LogP contribution in [0.4, 0.5) is 4.79 Å². The smallest absolute Gasteiger partial charge is 0.331 e. The lowest BCUT2D eigenvalue weighted by atomic mass is 9.96. The number of nitrogens with one attached hydrogen (secondary N) is 2. The summed E-state index contributed by atoms with van der Waals surface area (Å²) in [5.74, 6) is -1.28. The average Bonchev–Trinajstić information content (AvgIpc) is 2.59. The Hall–Kier alpha value is -2.63. The molecule has 1 aromatic rings. The van der Waals surface area contributed by atoms with Crippen LogP contribution >= 0.6 is 0 Å². The molecule has 0 heterocycles. The molecule has 0 atom stereocenters. The number of imide groups is 1. The third-order valence-corrected chi connectivity index (χ3v) is 3.99. The van der Waals surface area contributed by atoms with Gasteiger partial charge in [0.25, 0.3) is 5.91 Å². The minimum Gasteiger partial charge on any atom is -0.452 e. The fourth-order valence-corrected chi connectivity index (χ4v) is 2.75. The first kappa shape index (κ1) is 18.7. The van der Waals surface area contributed by atoms with Gasteiger partial charge in [-0.25, -0.2) is 9.59 Å². The van der Waals surface area contributed by atoms with Crippen molar-refractivity contribution < 1.29 is 19.1 Å². The lowest BCUT2D eigenvalue weighted by molar-refractivity contribution is -0.143. The van der Waals surface area contributed by atoms with Gasteiger partial charge in [0.1, 0.15) is 0 Å². The molecule has 0 unspecified atom stereocenters. The van der Waals surface area contributed by atoms with Gasteiger partial charge < -0.3 is 10.1 Å². The molecule has 1 fully saturated rings. The van der Waals surface area contributed by atoms with E-state index in [2.05, 4.69) is 10.6 Å². The summed E-state index contributed by atoms with van der Waals surface area (Å²) in [6.07, 6.45) is 8.09. The van der Waals surface area contributed by atoms with Crippen molar-refractivity contribution in [2.45, 2.75) is 45.1 Å². The maximum atomic E-state index is 11.7. The van der Waals surface area contributed by atoms with E-state index in [1.54, 1.807) is 6.08 Å². The molecule has 1 saturated carbocycles. The zero-order valence-electron chi connectivity index (χ0n) is 14.4. The number of esters is 1. The topological polar surface area (TPSA) is 84.5 Å². The van der Waals surface area contributed by atoms with Crippen LogP contribution in [-0.4, -0.2) is 30.6 Å². The quantitative estimate of drug-likeness (QED) is 0.635. The first-order chi connectivity index (χ1) is 12.0. The molecule has 1 aliphatic rings. The zero-order valence-corrected chi connectivity index (χ0v) is 14.4. The summed E-state index contributed by atoms with van der Waals surface area (Å²) >= 11 is 0. The van der Waals surface area contributed by atoms with Crippen LogP contribution in [0.25, 0.3) is 6.08 Å². The van der Waals surface area contributed by atoms with Crippen molar-refractivity contribution in [1.29, 1.82) is 0 Å². The SMILES string of the molecule is Cc1cccc(/C=C/C(=O)OCC(=O)NC(=O)NC2CCCCC2)c1. The third-order valence-electron chi connectivity index (χ3n) is 3.99. The highest BCUT2D eigenvalue weighted by Gasteiger charge is 2.17. The molecule has 2 rings (SSSR count). The summed E-state index contributed by atoms with van der Waals surface area (Å²) in [6, 6.07) is 7.20. The van der Waals surface area contributed by atoms with Crippen molar-refractivity contribution in [3.63, 3.8) is 0 Å². The normalized spacial score (nSPS) is 14.9. The number of ether oxygens (including phenoxy) is 1. The number of carbonyl (C=O) groups excluding carboxylic acids is 3. The zero-order chi connectivity index (χ0) is 18.1. The Morgan fingerprint density at radius 3 is 2.68 bits per heavy atom. The van der Waals surface area contributed by atoms with E-state index in [9.17, 15) is 14.4 Å². The number of hydrogen-bond acceptors (Lipinski definition) is 4. The van der Waals surface area contributed by atoms with E-state index in [0.29, 0.717) is 0 Å². The molecule has 3 amide bonds. The second-order valence-electron chi connectivity index (χ2n) is 6.21. The number of amides is 3. The van der Waals surface area contributed by atoms with E-state index >= 15 is 0 Å². The lowest BCUT2D eigenvalue weighted by Crippen LogP contribution is -2.46. The van der Waals surface area contributed by atoms with Crippen molar-refractivity contribution in [2.24, 2.45) is 0 Å². The van der Waals surface area contributed by atoms with E-state index in [1.807, 2.05) is 31.2 Å². The first-order valence-corrected chi connectivity index (χ1v) is 8.55. The Balaban J connectivity index is 1.68. The highest BCUT2D eigenvalue weighted by Crippen LogP contribution is 2.17. The summed E-state index contributed by atoms with van der Waals surface area (Å²) in [4.78, 5) is 35.0. The van der Waals surface area contributed by atoms with Crippen molar-refractivity contribution in [3.05, 3.63) is 41.5 Å². The van der Waals surface area contributed by atoms with Gasteiger partial charge in [0.15, 0.2) is 6.61 Å². The van der Waals surface area contributed by atoms with Gasteiger partial charge in [0.05, 0.1) is 0 Å². The minimum absolute atomic E-state index is 0.112. The van der Waals surface area contributed by atoms with Crippen LogP contribution in [0.15, 0.2) is 30.3 Å². The second-order valence-corrected chi connectivity index (χ2v) is 6.21. The van der Waals surface area contributed by atoms with Gasteiger partial charge in [0.2, 0.25) is 0 Å². The van der Waals surface area contributed by atoms with Crippen LogP contribution in [0.5, 0.6) is 0 Å². The molecule has 25 heavy (non-hydrogen) atoms. The summed E-state index contributed by atoms with van der Waals surface area (Å²) in [5.41, 5.74) is 1.95. The van der Waals surface area contributed by atoms with Gasteiger partial charge in [-0.05, 0) is 31.4 Å². The molecule has 134 valence electrons. The Labute approximate surface area is 147 Å². The standard InChI is InChI=1S/C19H24N2O4/c1-14-6-5-7-15(12-14)10-11-18(23)25-13-17(22)21-19(24)20-16-8-3-2-4-9-16/h5-7,10-12,16H,2-4,8-9,13H2,1H3,(H2,20,21,22,24)/b11-10+. The van der Waals surface area contributed by atoms with Crippen molar-refractivity contribution in [1.82, 2.24) is 10.6 Å². The Bertz CT molecular complexity index is 649. The maximum Gasteiger partial charge on any atom is 0.331 e. The maximum absolute atomic E-state index is 11.7. The highest BCUT2D eigenvalue weighted by atomic mass is 16.5. The Morgan fingerprint density at radius 1 is 1.20 bits per heavy atom. The number of benzene rings is 1. The van der Waals surface area contributed by atoms with Crippen LogP contribution < -0.4 is 10.6 Å². The molecule has 0 aliphatic heterocycles. The summed E-state index contributed by atoms with van der Waals surface area (Å²) in [5, 5.41) is 4.94. The molecule has 0 aromatic heterocycles. The van der Waals surface area contributed by atoms with Crippen molar-refractivity contribution in [2.75, 3.05) is 6.61 Å². The van der Waals surface area contributed by atoms with Crippen LogP contribution in [0.3, 0.4) is 0 Å². The van der Waals surface area contributed by atoms with Crippen molar-refractivity contribution >= 4 is 24.0 Å². The number of hydrogen-bond donors (Lipinski definition) is 2. The number of rotatable bonds is 5.